The summed E-state index contributed by atoms with van der Waals surface area (Å²) in [6.07, 6.45) is 6.62. The van der Waals surface area contributed by atoms with Crippen molar-refractivity contribution in [2.24, 2.45) is 0 Å². The van der Waals surface area contributed by atoms with Crippen molar-refractivity contribution in [3.63, 3.8) is 0 Å². The number of fused-ring (bicyclic) bond motifs is 1. The summed E-state index contributed by atoms with van der Waals surface area (Å²) in [5, 5.41) is 19.3. The molecule has 1 N–H and O–H groups in total. The van der Waals surface area contributed by atoms with E-state index in [1.165, 1.54) is 12.1 Å². The van der Waals surface area contributed by atoms with Crippen molar-refractivity contribution < 1.29 is 19.4 Å². The van der Waals surface area contributed by atoms with Crippen LogP contribution in [-0.2, 0) is 13.0 Å². The van der Waals surface area contributed by atoms with E-state index in [-0.39, 0.29) is 29.3 Å². The first-order chi connectivity index (χ1) is 17.8. The van der Waals surface area contributed by atoms with Gasteiger partial charge in [-0.1, -0.05) is 35.0 Å². The van der Waals surface area contributed by atoms with Crippen molar-refractivity contribution >= 4 is 23.5 Å². The zero-order valence-electron chi connectivity index (χ0n) is 20.5. The molecule has 3 aromatic carbocycles. The standard InChI is InChI=1S/C29H26ClN3O4/c1-29(2)14-13-20-15-25(27(35)16-28(20)37-29)26(34)12-5-19-3-10-24(11-4-19)36-18-22-17-33(32-31-22)23-8-6-21(30)7-9-23/h3-12,15-17,35H,13-14,18H2,1-2H3/b12-5+. The first-order valence-corrected chi connectivity index (χ1v) is 12.3. The fraction of sp³-hybridized carbons (Fsp3) is 0.207. The maximum atomic E-state index is 12.8. The van der Waals surface area contributed by atoms with Crippen LogP contribution in [-0.4, -0.2) is 31.5 Å². The fourth-order valence-corrected chi connectivity index (χ4v) is 4.19. The van der Waals surface area contributed by atoms with Gasteiger partial charge in [-0.15, -0.1) is 5.10 Å². The lowest BCUT2D eigenvalue weighted by molar-refractivity contribution is 0.0842. The third kappa shape index (κ3) is 5.84. The Morgan fingerprint density at radius 3 is 2.68 bits per heavy atom. The highest BCUT2D eigenvalue weighted by Gasteiger charge is 2.28. The number of allylic oxidation sites excluding steroid dienone is 1. The van der Waals surface area contributed by atoms with Gasteiger partial charge in [-0.3, -0.25) is 4.79 Å². The average Bonchev–Trinajstić information content (AvgIpc) is 3.35. The second-order valence-electron chi connectivity index (χ2n) is 9.52. The van der Waals surface area contributed by atoms with Crippen LogP contribution < -0.4 is 9.47 Å². The summed E-state index contributed by atoms with van der Waals surface area (Å²) in [5.41, 5.74) is 3.29. The summed E-state index contributed by atoms with van der Waals surface area (Å²) in [7, 11) is 0. The molecule has 0 saturated carbocycles. The maximum absolute atomic E-state index is 12.8. The monoisotopic (exact) mass is 515 g/mol. The molecule has 0 saturated heterocycles. The molecule has 0 unspecified atom stereocenters. The molecular formula is C29H26ClN3O4. The first-order valence-electron chi connectivity index (χ1n) is 11.9. The highest BCUT2D eigenvalue weighted by atomic mass is 35.5. The van der Waals surface area contributed by atoms with Crippen LogP contribution >= 0.6 is 11.6 Å². The normalized spacial score (nSPS) is 14.2. The quantitative estimate of drug-likeness (QED) is 0.233. The van der Waals surface area contributed by atoms with Crippen LogP contribution in [0, 0.1) is 0 Å². The molecule has 0 atom stereocenters. The number of ketones is 1. The molecule has 1 aliphatic heterocycles. The van der Waals surface area contributed by atoms with Gasteiger partial charge in [0.15, 0.2) is 5.78 Å². The molecule has 188 valence electrons. The predicted octanol–water partition coefficient (Wildman–Crippen LogP) is 6.21. The minimum atomic E-state index is -0.281. The zero-order chi connectivity index (χ0) is 26.0. The van der Waals surface area contributed by atoms with Gasteiger partial charge in [-0.25, -0.2) is 4.68 Å². The van der Waals surface area contributed by atoms with Crippen LogP contribution in [0.2, 0.25) is 5.02 Å². The van der Waals surface area contributed by atoms with Gasteiger partial charge in [-0.2, -0.15) is 0 Å². The number of aryl methyl sites for hydroxylation is 1. The van der Waals surface area contributed by atoms with Crippen LogP contribution in [0.25, 0.3) is 11.8 Å². The molecular weight excluding hydrogens is 490 g/mol. The summed E-state index contributed by atoms with van der Waals surface area (Å²) in [6.45, 7) is 4.29. The van der Waals surface area contributed by atoms with Gasteiger partial charge in [-0.05, 0) is 86.4 Å². The van der Waals surface area contributed by atoms with Gasteiger partial charge in [0.2, 0.25) is 0 Å². The Morgan fingerprint density at radius 1 is 1.16 bits per heavy atom. The number of phenolic OH excluding ortho intramolecular Hbond substituents is 1. The van der Waals surface area contributed by atoms with E-state index in [4.69, 9.17) is 21.1 Å². The minimum absolute atomic E-state index is 0.0807. The SMILES string of the molecule is CC1(C)CCc2cc(C(=O)/C=C/c3ccc(OCc4cn(-c5ccc(Cl)cc5)nn4)cc3)c(O)cc2O1. The topological polar surface area (TPSA) is 86.5 Å². The molecule has 0 bridgehead atoms. The van der Waals surface area contributed by atoms with Gasteiger partial charge in [0.05, 0.1) is 17.4 Å². The van der Waals surface area contributed by atoms with E-state index in [0.717, 1.165) is 29.7 Å². The molecule has 0 spiro atoms. The summed E-state index contributed by atoms with van der Waals surface area (Å²) < 4.78 is 13.4. The highest BCUT2D eigenvalue weighted by Crippen LogP contribution is 2.37. The lowest BCUT2D eigenvalue weighted by atomic mass is 9.92. The number of carbonyl (C=O) groups excluding carboxylic acids is 1. The van der Waals surface area contributed by atoms with Crippen molar-refractivity contribution in [1.82, 2.24) is 15.0 Å². The van der Waals surface area contributed by atoms with Crippen molar-refractivity contribution in [2.45, 2.75) is 38.9 Å². The lowest BCUT2D eigenvalue weighted by Gasteiger charge is -2.32. The first kappa shape index (κ1) is 24.6. The van der Waals surface area contributed by atoms with Crippen LogP contribution in [0.3, 0.4) is 0 Å². The number of benzene rings is 3. The predicted molar refractivity (Wildman–Crippen MR) is 142 cm³/mol. The van der Waals surface area contributed by atoms with Crippen LogP contribution in [0.1, 0.15) is 47.4 Å². The van der Waals surface area contributed by atoms with Crippen molar-refractivity contribution in [3.05, 3.63) is 100 Å². The molecule has 2 heterocycles. The maximum Gasteiger partial charge on any atom is 0.189 e. The van der Waals surface area contributed by atoms with Crippen LogP contribution in [0.4, 0.5) is 0 Å². The minimum Gasteiger partial charge on any atom is -0.507 e. The second kappa shape index (κ2) is 10.1. The number of aromatic nitrogens is 3. The molecule has 4 aromatic rings. The number of carbonyl (C=O) groups is 1. The Kier molecular flexibility index (Phi) is 6.72. The molecule has 0 amide bonds. The molecule has 8 heteroatoms. The molecule has 1 aliphatic rings. The molecule has 37 heavy (non-hydrogen) atoms. The van der Waals surface area contributed by atoms with Gasteiger partial charge < -0.3 is 14.6 Å². The van der Waals surface area contributed by atoms with E-state index in [2.05, 4.69) is 10.3 Å². The average molecular weight is 516 g/mol. The van der Waals surface area contributed by atoms with E-state index in [9.17, 15) is 9.90 Å². The smallest absolute Gasteiger partial charge is 0.189 e. The number of aromatic hydroxyl groups is 1. The Morgan fingerprint density at radius 2 is 1.92 bits per heavy atom. The third-order valence-corrected chi connectivity index (χ3v) is 6.40. The molecule has 0 fully saturated rings. The van der Waals surface area contributed by atoms with Crippen LogP contribution in [0.15, 0.2) is 72.9 Å². The zero-order valence-corrected chi connectivity index (χ0v) is 21.3. The number of ether oxygens (including phenoxy) is 2. The van der Waals surface area contributed by atoms with Gasteiger partial charge in [0, 0.05) is 11.1 Å². The summed E-state index contributed by atoms with van der Waals surface area (Å²) in [4.78, 5) is 12.8. The number of phenols is 1. The summed E-state index contributed by atoms with van der Waals surface area (Å²) in [6, 6.07) is 17.9. The Hall–Kier alpha value is -4.10. The van der Waals surface area contributed by atoms with Crippen molar-refractivity contribution in [2.75, 3.05) is 0 Å². The largest absolute Gasteiger partial charge is 0.507 e. The Bertz CT molecular complexity index is 1460. The number of hydrogen-bond acceptors (Lipinski definition) is 6. The highest BCUT2D eigenvalue weighted by molar-refractivity contribution is 6.30. The fourth-order valence-electron chi connectivity index (χ4n) is 4.06. The molecule has 0 aliphatic carbocycles. The Balaban J connectivity index is 1.19. The van der Waals surface area contributed by atoms with Gasteiger partial charge in [0.25, 0.3) is 0 Å². The van der Waals surface area contributed by atoms with Gasteiger partial charge >= 0.3 is 0 Å². The van der Waals surface area contributed by atoms with E-state index in [1.807, 2.05) is 50.2 Å². The third-order valence-electron chi connectivity index (χ3n) is 6.15. The van der Waals surface area contributed by atoms with Crippen molar-refractivity contribution in [1.29, 1.82) is 0 Å². The second-order valence-corrected chi connectivity index (χ2v) is 9.96. The number of halogens is 1. The molecule has 5 rings (SSSR count). The molecule has 7 nitrogen and oxygen atoms in total. The van der Waals surface area contributed by atoms with Crippen molar-refractivity contribution in [3.8, 4) is 22.9 Å². The van der Waals surface area contributed by atoms with Crippen LogP contribution in [0.5, 0.6) is 17.2 Å². The summed E-state index contributed by atoms with van der Waals surface area (Å²) in [5.74, 6) is 0.953. The summed E-state index contributed by atoms with van der Waals surface area (Å²) >= 11 is 5.93. The number of nitrogens with zero attached hydrogens (tertiary/aromatic N) is 3. The van der Waals surface area contributed by atoms with E-state index < -0.39 is 0 Å². The lowest BCUT2D eigenvalue weighted by Crippen LogP contribution is -2.32. The molecule has 1 aromatic heterocycles. The van der Waals surface area contributed by atoms with Gasteiger partial charge in [0.1, 0.15) is 35.2 Å². The number of hydrogen-bond donors (Lipinski definition) is 1. The molecule has 0 radical (unpaired) electrons. The Labute approximate surface area is 219 Å². The van der Waals surface area contributed by atoms with E-state index >= 15 is 0 Å². The van der Waals surface area contributed by atoms with E-state index in [1.54, 1.807) is 35.2 Å². The number of rotatable bonds is 7. The van der Waals surface area contributed by atoms with E-state index in [0.29, 0.717) is 22.2 Å².